The van der Waals surface area contributed by atoms with E-state index in [-0.39, 0.29) is 18.9 Å². The lowest BCUT2D eigenvalue weighted by atomic mass is 9.96. The number of amides is 1. The van der Waals surface area contributed by atoms with Crippen molar-refractivity contribution in [3.8, 4) is 0 Å². The van der Waals surface area contributed by atoms with E-state index in [0.29, 0.717) is 12.8 Å². The third-order valence-corrected chi connectivity index (χ3v) is 20.2. The van der Waals surface area contributed by atoms with E-state index in [1.165, 1.54) is 225 Å². The molecule has 3 rings (SSSR count). The molecular weight excluding hydrogens is 1300 g/mol. The summed E-state index contributed by atoms with van der Waals surface area (Å²) in [6.07, 6.45) is 56.1. The van der Waals surface area contributed by atoms with E-state index in [1.807, 2.05) is 6.08 Å². The highest BCUT2D eigenvalue weighted by molar-refractivity contribution is 5.76. The van der Waals surface area contributed by atoms with E-state index in [1.54, 1.807) is 6.08 Å². The average Bonchev–Trinajstić information content (AvgIpc) is 0.781. The zero-order valence-corrected chi connectivity index (χ0v) is 63.6. The van der Waals surface area contributed by atoms with Crippen molar-refractivity contribution < 1.29 is 89.4 Å². The van der Waals surface area contributed by atoms with E-state index < -0.39 is 124 Å². The van der Waals surface area contributed by atoms with Crippen LogP contribution in [0.4, 0.5) is 0 Å². The molecule has 0 aliphatic carbocycles. The summed E-state index contributed by atoms with van der Waals surface area (Å²) in [6, 6.07) is -1.00. The molecule has 3 saturated heterocycles. The Bertz CT molecular complexity index is 2120. The molecule has 1 amide bonds. The molecule has 3 aliphatic rings. The van der Waals surface area contributed by atoms with Gasteiger partial charge in [-0.05, 0) is 83.5 Å². The van der Waals surface area contributed by atoms with Gasteiger partial charge in [0.25, 0.3) is 0 Å². The van der Waals surface area contributed by atoms with Crippen LogP contribution >= 0.6 is 0 Å². The number of aliphatic hydroxyl groups is 11. The van der Waals surface area contributed by atoms with E-state index in [9.17, 15) is 61.0 Å². The quantitative estimate of drug-likeness (QED) is 0.0199. The molecule has 3 aliphatic heterocycles. The molecule has 594 valence electrons. The predicted octanol–water partition coefficient (Wildman–Crippen LogP) is 14.0. The van der Waals surface area contributed by atoms with E-state index in [2.05, 4.69) is 79.9 Å². The Morgan fingerprint density at radius 3 is 1.05 bits per heavy atom. The molecular formula is C83H149NO18. The van der Waals surface area contributed by atoms with Crippen LogP contribution in [0.3, 0.4) is 0 Å². The van der Waals surface area contributed by atoms with Gasteiger partial charge in [0, 0.05) is 6.42 Å². The minimum atomic E-state index is -1.99. The molecule has 12 N–H and O–H groups in total. The summed E-state index contributed by atoms with van der Waals surface area (Å²) in [5.74, 6) is -0.288. The molecule has 3 fully saturated rings. The maximum Gasteiger partial charge on any atom is 0.220 e. The number of ether oxygens (including phenoxy) is 6. The second kappa shape index (κ2) is 63.2. The van der Waals surface area contributed by atoms with Crippen LogP contribution in [0.15, 0.2) is 72.9 Å². The number of allylic oxidation sites excluding steroid dienone is 11. The van der Waals surface area contributed by atoms with Crippen LogP contribution in [0, 0.1) is 0 Å². The van der Waals surface area contributed by atoms with Gasteiger partial charge >= 0.3 is 0 Å². The highest BCUT2D eigenvalue weighted by Crippen LogP contribution is 2.33. The molecule has 19 nitrogen and oxygen atoms in total. The number of hydrogen-bond acceptors (Lipinski definition) is 18. The van der Waals surface area contributed by atoms with Crippen LogP contribution in [-0.2, 0) is 33.2 Å². The Kier molecular flexibility index (Phi) is 57.9. The monoisotopic (exact) mass is 1450 g/mol. The molecule has 19 heteroatoms. The minimum absolute atomic E-state index is 0.230. The fraction of sp³-hybridized carbons (Fsp3) is 0.843. The summed E-state index contributed by atoms with van der Waals surface area (Å²) in [6.45, 7) is 1.73. The number of hydrogen-bond donors (Lipinski definition) is 12. The maximum atomic E-state index is 13.5. The van der Waals surface area contributed by atoms with Crippen molar-refractivity contribution in [2.75, 3.05) is 26.4 Å². The van der Waals surface area contributed by atoms with Crippen molar-refractivity contribution in [3.05, 3.63) is 72.9 Å². The first-order valence-corrected chi connectivity index (χ1v) is 41.2. The number of nitrogens with one attached hydrogen (secondary N) is 1. The molecule has 0 aromatic heterocycles. The van der Waals surface area contributed by atoms with Gasteiger partial charge in [0.2, 0.25) is 5.91 Å². The molecule has 102 heavy (non-hydrogen) atoms. The zero-order valence-electron chi connectivity index (χ0n) is 63.6. The predicted molar refractivity (Wildman–Crippen MR) is 406 cm³/mol. The number of aliphatic hydroxyl groups excluding tert-OH is 11. The van der Waals surface area contributed by atoms with Crippen molar-refractivity contribution >= 4 is 5.91 Å². The van der Waals surface area contributed by atoms with Crippen LogP contribution in [-0.4, -0.2) is 193 Å². The van der Waals surface area contributed by atoms with E-state index >= 15 is 0 Å². The molecule has 3 heterocycles. The van der Waals surface area contributed by atoms with Gasteiger partial charge < -0.3 is 89.9 Å². The van der Waals surface area contributed by atoms with Crippen LogP contribution in [0.1, 0.15) is 316 Å². The fourth-order valence-corrected chi connectivity index (χ4v) is 13.6. The van der Waals surface area contributed by atoms with Crippen molar-refractivity contribution in [3.63, 3.8) is 0 Å². The van der Waals surface area contributed by atoms with Gasteiger partial charge in [-0.15, -0.1) is 0 Å². The number of rotatable bonds is 65. The summed E-state index contributed by atoms with van der Waals surface area (Å²) in [5, 5.41) is 121. The summed E-state index contributed by atoms with van der Waals surface area (Å²) in [7, 11) is 0. The van der Waals surface area contributed by atoms with Gasteiger partial charge in [-0.25, -0.2) is 0 Å². The normalized spacial score (nSPS) is 26.5. The lowest BCUT2D eigenvalue weighted by Crippen LogP contribution is -2.66. The minimum Gasteiger partial charge on any atom is -0.394 e. The topological polar surface area (TPSA) is 307 Å². The Morgan fingerprint density at radius 2 is 0.657 bits per heavy atom. The average molecular weight is 1450 g/mol. The van der Waals surface area contributed by atoms with E-state index in [0.717, 1.165) is 57.8 Å². The molecule has 0 aromatic rings. The molecule has 17 atom stereocenters. The SMILES string of the molecule is CCCCCCC/C=C\C/C=C\C/C=C\CCCCCCCCCCCCCCCCCCC(=O)NC(COC1OC(CO)C(OC2OC(CO)C(OC3OC(CO)C(O)C(O)C3O)C(O)C2O)C(O)C1O)C(O)/C=C/CC/C=C/CC/C=C/CCCCCCCCCCCCCCCCCC. The van der Waals surface area contributed by atoms with Gasteiger partial charge in [-0.1, -0.05) is 299 Å². The second-order valence-electron chi connectivity index (χ2n) is 29.2. The fourth-order valence-electron chi connectivity index (χ4n) is 13.6. The zero-order chi connectivity index (χ0) is 73.9. The highest BCUT2D eigenvalue weighted by atomic mass is 16.8. The number of carbonyl (C=O) groups excluding carboxylic acids is 1. The maximum absolute atomic E-state index is 13.5. The number of carbonyl (C=O) groups is 1. The second-order valence-corrected chi connectivity index (χ2v) is 29.2. The van der Waals surface area contributed by atoms with Crippen molar-refractivity contribution in [1.29, 1.82) is 0 Å². The third kappa shape index (κ3) is 42.7. The van der Waals surface area contributed by atoms with Crippen LogP contribution < -0.4 is 5.32 Å². The van der Waals surface area contributed by atoms with E-state index in [4.69, 9.17) is 28.4 Å². The first-order chi connectivity index (χ1) is 49.8. The molecule has 17 unspecified atom stereocenters. The molecule has 0 spiro atoms. The summed E-state index contributed by atoms with van der Waals surface area (Å²) in [4.78, 5) is 13.5. The number of unbranched alkanes of at least 4 members (excludes halogenated alkanes) is 39. The first-order valence-electron chi connectivity index (χ1n) is 41.2. The molecule has 0 saturated carbocycles. The summed E-state index contributed by atoms with van der Waals surface area (Å²) < 4.78 is 34.4. The lowest BCUT2D eigenvalue weighted by Gasteiger charge is -2.48. The first kappa shape index (κ1) is 93.4. The molecule has 0 aromatic carbocycles. The van der Waals surface area contributed by atoms with Crippen molar-refractivity contribution in [2.24, 2.45) is 0 Å². The van der Waals surface area contributed by atoms with Crippen LogP contribution in [0.25, 0.3) is 0 Å². The standard InChI is InChI=1S/C83H149NO18/c1-3-5-7-9-11-13-15-17-19-21-23-25-27-29-31-32-33-34-35-37-39-41-43-45-47-49-51-53-55-57-59-61-71(89)84-66(67(88)60-58-56-54-52-50-48-46-44-42-40-38-36-30-28-26-24-22-20-18-16-14-12-10-8-6-4-2)65-97-81-77(95)74(92)79(69(63-86)99-81)102-83-78(96)75(93)80(70(64-87)100-83)101-82-76(94)73(91)72(90)68(62-85)98-82/h15,17,21,23,27,29,42,44,50,52,58,60,66-70,72-83,85-88,90-96H,3-14,16,18-20,22,24-26,28,30-41,43,45-49,51,53-57,59,61-65H2,1-2H3,(H,84,89)/b17-15-,23-21-,29-27-,44-42+,52-50+,60-58+. The van der Waals surface area contributed by atoms with Crippen LogP contribution in [0.5, 0.6) is 0 Å². The summed E-state index contributed by atoms with van der Waals surface area (Å²) >= 11 is 0. The highest BCUT2D eigenvalue weighted by Gasteiger charge is 2.54. The van der Waals surface area contributed by atoms with Gasteiger partial charge in [0.1, 0.15) is 73.2 Å². The smallest absolute Gasteiger partial charge is 0.220 e. The third-order valence-electron chi connectivity index (χ3n) is 20.2. The largest absolute Gasteiger partial charge is 0.394 e. The van der Waals surface area contributed by atoms with Crippen molar-refractivity contribution in [1.82, 2.24) is 5.32 Å². The molecule has 0 radical (unpaired) electrons. The Hall–Kier alpha value is -2.77. The van der Waals surface area contributed by atoms with Gasteiger partial charge in [-0.2, -0.15) is 0 Å². The van der Waals surface area contributed by atoms with Gasteiger partial charge in [0.05, 0.1) is 38.6 Å². The Morgan fingerprint density at radius 1 is 0.353 bits per heavy atom. The van der Waals surface area contributed by atoms with Gasteiger partial charge in [0.15, 0.2) is 18.9 Å². The molecule has 0 bridgehead atoms. The van der Waals surface area contributed by atoms with Crippen molar-refractivity contribution in [2.45, 2.75) is 420 Å². The summed E-state index contributed by atoms with van der Waals surface area (Å²) in [5.41, 5.74) is 0. The Balaban J connectivity index is 1.38. The van der Waals surface area contributed by atoms with Crippen LogP contribution in [0.2, 0.25) is 0 Å². The van der Waals surface area contributed by atoms with Gasteiger partial charge in [-0.3, -0.25) is 4.79 Å². The lowest BCUT2D eigenvalue weighted by molar-refractivity contribution is -0.379. The Labute approximate surface area is 617 Å².